The first-order chi connectivity index (χ1) is 9.01. The molecule has 4 nitrogen and oxygen atoms in total. The Morgan fingerprint density at radius 3 is 2.42 bits per heavy atom. The molecule has 1 N–H and O–H groups in total. The van der Waals surface area contributed by atoms with E-state index in [0.717, 1.165) is 24.1 Å². The number of nitrogens with zero attached hydrogens (tertiary/aromatic N) is 2. The predicted octanol–water partition coefficient (Wildman–Crippen LogP) is 2.47. The van der Waals surface area contributed by atoms with Crippen LogP contribution in [0.5, 0.6) is 0 Å². The number of hydrogen-bond acceptors (Lipinski definition) is 2. The molecular weight excluding hydrogens is 254 g/mol. The third kappa shape index (κ3) is 2.78. The van der Waals surface area contributed by atoms with Crippen molar-refractivity contribution in [2.24, 2.45) is 0 Å². The number of aromatic carboxylic acids is 1. The smallest absolute Gasteiger partial charge is 0.341 e. The van der Waals surface area contributed by atoms with Crippen molar-refractivity contribution < 1.29 is 18.7 Å². The summed E-state index contributed by atoms with van der Waals surface area (Å²) in [5.41, 5.74) is 0.410. The molecule has 2 aromatic rings. The second-order valence-corrected chi connectivity index (χ2v) is 4.14. The summed E-state index contributed by atoms with van der Waals surface area (Å²) in [4.78, 5) is 10.7. The molecule has 100 valence electrons. The zero-order chi connectivity index (χ0) is 14.0. The highest BCUT2D eigenvalue weighted by Gasteiger charge is 2.17. The van der Waals surface area contributed by atoms with Gasteiger partial charge in [0.1, 0.15) is 17.2 Å². The van der Waals surface area contributed by atoms with E-state index in [2.05, 4.69) is 5.10 Å². The number of carboxylic acid groups (broad SMARTS) is 1. The third-order valence-electron chi connectivity index (χ3n) is 2.76. The fourth-order valence-corrected chi connectivity index (χ4v) is 1.78. The minimum Gasteiger partial charge on any atom is -0.477 e. The summed E-state index contributed by atoms with van der Waals surface area (Å²) in [6, 6.07) is 2.03. The molecule has 0 saturated heterocycles. The number of rotatable bonds is 4. The number of carboxylic acids is 1. The van der Waals surface area contributed by atoms with E-state index >= 15 is 0 Å². The Morgan fingerprint density at radius 1 is 1.32 bits per heavy atom. The highest BCUT2D eigenvalue weighted by atomic mass is 19.1. The van der Waals surface area contributed by atoms with E-state index in [0.29, 0.717) is 5.56 Å². The lowest BCUT2D eigenvalue weighted by Gasteiger charge is -2.05. The molecule has 0 aliphatic heterocycles. The lowest BCUT2D eigenvalue weighted by atomic mass is 10.1. The monoisotopic (exact) mass is 266 g/mol. The molecular formula is C13H12F2N2O2. The van der Waals surface area contributed by atoms with Crippen LogP contribution in [0.4, 0.5) is 8.78 Å². The number of hydrogen-bond donors (Lipinski definition) is 1. The molecule has 0 atom stereocenters. The van der Waals surface area contributed by atoms with Crippen LogP contribution in [0.3, 0.4) is 0 Å². The number of benzene rings is 1. The van der Waals surface area contributed by atoms with Gasteiger partial charge >= 0.3 is 5.97 Å². The molecule has 0 spiro atoms. The van der Waals surface area contributed by atoms with Gasteiger partial charge in [0, 0.05) is 6.20 Å². The molecule has 0 aliphatic carbocycles. The number of aromatic nitrogens is 2. The summed E-state index contributed by atoms with van der Waals surface area (Å²) in [6.45, 7) is 2.16. The SMILES string of the molecule is CCc1cnn(Cc2cc(F)c(C(=O)O)c(F)c2)c1. The minimum absolute atomic E-state index is 0.188. The van der Waals surface area contributed by atoms with Gasteiger partial charge in [0.25, 0.3) is 0 Å². The fraction of sp³-hybridized carbons (Fsp3) is 0.231. The molecule has 0 bridgehead atoms. The van der Waals surface area contributed by atoms with Gasteiger partial charge < -0.3 is 5.11 Å². The number of carbonyl (C=O) groups is 1. The van der Waals surface area contributed by atoms with E-state index in [9.17, 15) is 13.6 Å². The molecule has 6 heteroatoms. The maximum absolute atomic E-state index is 13.5. The van der Waals surface area contributed by atoms with Crippen molar-refractivity contribution in [3.05, 3.63) is 52.9 Å². The molecule has 0 fully saturated rings. The maximum atomic E-state index is 13.5. The lowest BCUT2D eigenvalue weighted by molar-refractivity contribution is 0.0686. The highest BCUT2D eigenvalue weighted by molar-refractivity contribution is 5.88. The Kier molecular flexibility index (Phi) is 3.59. The van der Waals surface area contributed by atoms with Gasteiger partial charge in [0.05, 0.1) is 12.7 Å². The molecule has 19 heavy (non-hydrogen) atoms. The molecule has 1 aromatic heterocycles. The lowest BCUT2D eigenvalue weighted by Crippen LogP contribution is -2.08. The molecule has 1 heterocycles. The van der Waals surface area contributed by atoms with Crippen molar-refractivity contribution in [3.8, 4) is 0 Å². The van der Waals surface area contributed by atoms with Crippen LogP contribution in [-0.4, -0.2) is 20.9 Å². The van der Waals surface area contributed by atoms with Crippen molar-refractivity contribution in [3.63, 3.8) is 0 Å². The Hall–Kier alpha value is -2.24. The topological polar surface area (TPSA) is 55.1 Å². The van der Waals surface area contributed by atoms with Gasteiger partial charge in [0.2, 0.25) is 0 Å². The van der Waals surface area contributed by atoms with E-state index in [1.54, 1.807) is 17.1 Å². The maximum Gasteiger partial charge on any atom is 0.341 e. The van der Waals surface area contributed by atoms with Gasteiger partial charge in [-0.2, -0.15) is 5.10 Å². The van der Waals surface area contributed by atoms with E-state index in [-0.39, 0.29) is 6.54 Å². The van der Waals surface area contributed by atoms with Crippen molar-refractivity contribution in [2.45, 2.75) is 19.9 Å². The molecule has 0 aliphatic rings. The number of halogens is 2. The Morgan fingerprint density at radius 2 is 1.95 bits per heavy atom. The average molecular weight is 266 g/mol. The summed E-state index contributed by atoms with van der Waals surface area (Å²) in [5.74, 6) is -3.77. The first kappa shape index (κ1) is 13.2. The van der Waals surface area contributed by atoms with Crippen LogP contribution in [0.1, 0.15) is 28.4 Å². The summed E-state index contributed by atoms with van der Waals surface area (Å²) < 4.78 is 28.5. The molecule has 0 radical (unpaired) electrons. The standard InChI is InChI=1S/C13H12F2N2O2/c1-2-8-5-16-17(6-8)7-9-3-10(14)12(13(18)19)11(15)4-9/h3-6H,2,7H2,1H3,(H,18,19). The van der Waals surface area contributed by atoms with Crippen molar-refractivity contribution in [1.29, 1.82) is 0 Å². The summed E-state index contributed by atoms with van der Waals surface area (Å²) in [7, 11) is 0. The first-order valence-electron chi connectivity index (χ1n) is 5.73. The quantitative estimate of drug-likeness (QED) is 0.924. The van der Waals surface area contributed by atoms with E-state index in [1.165, 1.54) is 0 Å². The molecule has 0 unspecified atom stereocenters. The van der Waals surface area contributed by atoms with E-state index < -0.39 is 23.2 Å². The second kappa shape index (κ2) is 5.17. The largest absolute Gasteiger partial charge is 0.477 e. The Balaban J connectivity index is 2.29. The first-order valence-corrected chi connectivity index (χ1v) is 5.73. The molecule has 1 aromatic carbocycles. The van der Waals surface area contributed by atoms with E-state index in [4.69, 9.17) is 5.11 Å². The van der Waals surface area contributed by atoms with Crippen LogP contribution in [0.15, 0.2) is 24.5 Å². The Labute approximate surface area is 108 Å². The van der Waals surface area contributed by atoms with Gasteiger partial charge in [-0.25, -0.2) is 13.6 Å². The van der Waals surface area contributed by atoms with Gasteiger partial charge in [-0.15, -0.1) is 0 Å². The van der Waals surface area contributed by atoms with Crippen LogP contribution in [-0.2, 0) is 13.0 Å². The van der Waals surface area contributed by atoms with Crippen LogP contribution < -0.4 is 0 Å². The minimum atomic E-state index is -1.62. The normalized spacial score (nSPS) is 10.7. The van der Waals surface area contributed by atoms with Crippen LogP contribution in [0.25, 0.3) is 0 Å². The van der Waals surface area contributed by atoms with Crippen LogP contribution in [0, 0.1) is 11.6 Å². The van der Waals surface area contributed by atoms with E-state index in [1.807, 2.05) is 6.92 Å². The highest BCUT2D eigenvalue weighted by Crippen LogP contribution is 2.16. The fourth-order valence-electron chi connectivity index (χ4n) is 1.78. The average Bonchev–Trinajstić information content (AvgIpc) is 2.75. The van der Waals surface area contributed by atoms with Crippen molar-refractivity contribution in [2.75, 3.05) is 0 Å². The second-order valence-electron chi connectivity index (χ2n) is 4.14. The number of aryl methyl sites for hydroxylation is 1. The predicted molar refractivity (Wildman–Crippen MR) is 64.0 cm³/mol. The third-order valence-corrected chi connectivity index (χ3v) is 2.76. The summed E-state index contributed by atoms with van der Waals surface area (Å²) in [5, 5.41) is 12.7. The van der Waals surface area contributed by atoms with Crippen LogP contribution >= 0.6 is 0 Å². The van der Waals surface area contributed by atoms with Gasteiger partial charge in [-0.05, 0) is 29.7 Å². The Bertz CT molecular complexity index is 600. The summed E-state index contributed by atoms with van der Waals surface area (Å²) >= 11 is 0. The molecule has 0 amide bonds. The zero-order valence-electron chi connectivity index (χ0n) is 10.2. The van der Waals surface area contributed by atoms with Gasteiger partial charge in [0.15, 0.2) is 0 Å². The van der Waals surface area contributed by atoms with Gasteiger partial charge in [-0.3, -0.25) is 4.68 Å². The summed E-state index contributed by atoms with van der Waals surface area (Å²) in [6.07, 6.45) is 4.28. The molecule has 2 rings (SSSR count). The molecule has 0 saturated carbocycles. The van der Waals surface area contributed by atoms with Crippen molar-refractivity contribution >= 4 is 5.97 Å². The van der Waals surface area contributed by atoms with Gasteiger partial charge in [-0.1, -0.05) is 6.92 Å². The van der Waals surface area contributed by atoms with Crippen molar-refractivity contribution in [1.82, 2.24) is 9.78 Å². The van der Waals surface area contributed by atoms with Crippen LogP contribution in [0.2, 0.25) is 0 Å². The zero-order valence-corrected chi connectivity index (χ0v) is 10.2.